The maximum atomic E-state index is 9.96. The molecule has 2 heterocycles. The van der Waals surface area contributed by atoms with Crippen LogP contribution in [0.2, 0.25) is 10.0 Å². The molecule has 2 aromatic carbocycles. The summed E-state index contributed by atoms with van der Waals surface area (Å²) in [5.41, 5.74) is 2.75. The summed E-state index contributed by atoms with van der Waals surface area (Å²) in [6, 6.07) is 18.0. The molecule has 4 aromatic rings. The van der Waals surface area contributed by atoms with E-state index < -0.39 is 0 Å². The van der Waals surface area contributed by atoms with Gasteiger partial charge in [0.25, 0.3) is 0 Å². The Labute approximate surface area is 160 Å². The Balaban J connectivity index is 1.91. The number of nitrogens with zero attached hydrogens (tertiary/aromatic N) is 3. The van der Waals surface area contributed by atoms with Crippen molar-refractivity contribution in [3.63, 3.8) is 0 Å². The molecule has 6 heteroatoms. The Kier molecular flexibility index (Phi) is 4.37. The number of hydrogen-bond acceptors (Lipinski definition) is 3. The lowest BCUT2D eigenvalue weighted by Crippen LogP contribution is -1.86. The number of halogens is 2. The molecule has 0 radical (unpaired) electrons. The van der Waals surface area contributed by atoms with Gasteiger partial charge >= 0.3 is 0 Å². The molecule has 0 spiro atoms. The molecule has 0 saturated carbocycles. The monoisotopic (exact) mass is 381 g/mol. The predicted molar refractivity (Wildman–Crippen MR) is 106 cm³/mol. The van der Waals surface area contributed by atoms with E-state index in [9.17, 15) is 5.11 Å². The summed E-state index contributed by atoms with van der Waals surface area (Å²) in [5, 5.41) is 11.0. The summed E-state index contributed by atoms with van der Waals surface area (Å²) in [4.78, 5) is 9.26. The number of pyridine rings is 1. The van der Waals surface area contributed by atoms with Crippen molar-refractivity contribution in [2.24, 2.45) is 4.99 Å². The average molecular weight is 382 g/mol. The maximum absolute atomic E-state index is 9.96. The van der Waals surface area contributed by atoms with E-state index in [1.165, 1.54) is 0 Å². The van der Waals surface area contributed by atoms with Gasteiger partial charge < -0.3 is 5.11 Å². The largest absolute Gasteiger partial charge is 0.507 e. The minimum absolute atomic E-state index is 0.163. The maximum Gasteiger partial charge on any atom is 0.165 e. The van der Waals surface area contributed by atoms with Crippen molar-refractivity contribution >= 4 is 40.9 Å². The third-order valence-corrected chi connectivity index (χ3v) is 4.50. The fourth-order valence-corrected chi connectivity index (χ4v) is 3.19. The van der Waals surface area contributed by atoms with Gasteiger partial charge in [0.05, 0.1) is 5.02 Å². The number of para-hydroxylation sites is 1. The number of hydrogen-bond donors (Lipinski definition) is 1. The second-order valence-corrected chi connectivity index (χ2v) is 6.50. The fourth-order valence-electron chi connectivity index (χ4n) is 2.70. The normalized spacial score (nSPS) is 11.5. The van der Waals surface area contributed by atoms with Gasteiger partial charge in [-0.3, -0.25) is 4.40 Å². The van der Waals surface area contributed by atoms with Crippen LogP contribution in [-0.2, 0) is 0 Å². The molecule has 26 heavy (non-hydrogen) atoms. The number of aromatic nitrogens is 2. The number of phenols is 1. The van der Waals surface area contributed by atoms with Gasteiger partial charge in [0.2, 0.25) is 0 Å². The highest BCUT2D eigenvalue weighted by Crippen LogP contribution is 2.36. The third-order valence-electron chi connectivity index (χ3n) is 3.95. The molecule has 0 aliphatic heterocycles. The van der Waals surface area contributed by atoms with E-state index in [4.69, 9.17) is 23.2 Å². The summed E-state index contributed by atoms with van der Waals surface area (Å²) >= 11 is 12.4. The lowest BCUT2D eigenvalue weighted by Gasteiger charge is -2.04. The Morgan fingerprint density at radius 3 is 2.62 bits per heavy atom. The van der Waals surface area contributed by atoms with E-state index in [0.717, 1.165) is 11.2 Å². The van der Waals surface area contributed by atoms with Gasteiger partial charge in [-0.2, -0.15) is 0 Å². The Morgan fingerprint density at radius 1 is 1.00 bits per heavy atom. The van der Waals surface area contributed by atoms with Crippen LogP contribution in [0.15, 0.2) is 71.9 Å². The van der Waals surface area contributed by atoms with Crippen molar-refractivity contribution in [1.29, 1.82) is 0 Å². The first-order valence-electron chi connectivity index (χ1n) is 7.88. The van der Waals surface area contributed by atoms with Gasteiger partial charge in [0, 0.05) is 28.6 Å². The summed E-state index contributed by atoms with van der Waals surface area (Å²) in [5.74, 6) is 0.782. The molecule has 0 aliphatic rings. The number of imidazole rings is 1. The first-order valence-corrected chi connectivity index (χ1v) is 8.63. The smallest absolute Gasteiger partial charge is 0.165 e. The quantitative estimate of drug-likeness (QED) is 0.458. The minimum atomic E-state index is 0.163. The van der Waals surface area contributed by atoms with E-state index in [0.29, 0.717) is 27.1 Å². The molecule has 128 valence electrons. The van der Waals surface area contributed by atoms with Crippen molar-refractivity contribution in [3.05, 3.63) is 82.5 Å². The van der Waals surface area contributed by atoms with Crippen molar-refractivity contribution in [3.8, 4) is 17.0 Å². The lowest BCUT2D eigenvalue weighted by molar-refractivity contribution is 0.474. The molecule has 2 aromatic heterocycles. The number of benzene rings is 2. The van der Waals surface area contributed by atoms with Crippen LogP contribution >= 0.6 is 23.2 Å². The molecule has 0 atom stereocenters. The predicted octanol–water partition coefficient (Wildman–Crippen LogP) is 5.76. The van der Waals surface area contributed by atoms with E-state index in [1.54, 1.807) is 36.5 Å². The Bertz CT molecular complexity index is 1140. The van der Waals surface area contributed by atoms with Crippen LogP contribution in [-0.4, -0.2) is 20.7 Å². The van der Waals surface area contributed by atoms with Crippen LogP contribution in [0, 0.1) is 0 Å². The Hall–Kier alpha value is -2.82. The zero-order valence-corrected chi connectivity index (χ0v) is 15.0. The van der Waals surface area contributed by atoms with Gasteiger partial charge in [-0.1, -0.05) is 41.4 Å². The second-order valence-electron chi connectivity index (χ2n) is 5.65. The van der Waals surface area contributed by atoms with Crippen molar-refractivity contribution in [2.45, 2.75) is 0 Å². The number of aliphatic imine (C=N–C) groups is 1. The van der Waals surface area contributed by atoms with Crippen LogP contribution in [0.25, 0.3) is 16.9 Å². The minimum Gasteiger partial charge on any atom is -0.507 e. The van der Waals surface area contributed by atoms with Crippen LogP contribution in [0.5, 0.6) is 5.75 Å². The number of aromatic hydroxyl groups is 1. The van der Waals surface area contributed by atoms with Crippen molar-refractivity contribution in [2.75, 3.05) is 0 Å². The summed E-state index contributed by atoms with van der Waals surface area (Å²) < 4.78 is 1.87. The summed E-state index contributed by atoms with van der Waals surface area (Å²) in [7, 11) is 0. The van der Waals surface area contributed by atoms with Gasteiger partial charge in [0.15, 0.2) is 5.82 Å². The van der Waals surface area contributed by atoms with Crippen LogP contribution in [0.3, 0.4) is 0 Å². The van der Waals surface area contributed by atoms with Crippen LogP contribution in [0.1, 0.15) is 5.56 Å². The van der Waals surface area contributed by atoms with E-state index in [2.05, 4.69) is 9.98 Å². The average Bonchev–Trinajstić information content (AvgIpc) is 2.99. The second kappa shape index (κ2) is 6.83. The molecule has 0 amide bonds. The molecule has 0 saturated heterocycles. The topological polar surface area (TPSA) is 49.9 Å². The number of rotatable bonds is 3. The number of phenolic OH excluding ortho intramolecular Hbond substituents is 1. The van der Waals surface area contributed by atoms with Crippen molar-refractivity contribution in [1.82, 2.24) is 9.38 Å². The zero-order valence-electron chi connectivity index (χ0n) is 13.5. The van der Waals surface area contributed by atoms with Gasteiger partial charge in [-0.15, -0.1) is 0 Å². The van der Waals surface area contributed by atoms with Crippen molar-refractivity contribution < 1.29 is 5.11 Å². The van der Waals surface area contributed by atoms with Gasteiger partial charge in [0.1, 0.15) is 17.1 Å². The highest BCUT2D eigenvalue weighted by molar-refractivity contribution is 6.36. The molecular formula is C20H13Cl2N3O. The first kappa shape index (κ1) is 16.6. The third kappa shape index (κ3) is 3.05. The van der Waals surface area contributed by atoms with E-state index >= 15 is 0 Å². The zero-order chi connectivity index (χ0) is 18.1. The molecule has 0 fully saturated rings. The van der Waals surface area contributed by atoms with Crippen LogP contribution < -0.4 is 0 Å². The van der Waals surface area contributed by atoms with E-state index in [1.807, 2.05) is 40.9 Å². The standard InChI is InChI=1S/C20H13Cl2N3O/c21-14-8-9-15(16(22)11-14)19-20(25-10-4-3-7-18(25)24-19)23-12-13-5-1-2-6-17(13)26/h1-12,26H/b23-12+. The Morgan fingerprint density at radius 2 is 1.81 bits per heavy atom. The molecule has 1 N–H and O–H groups in total. The molecule has 0 unspecified atom stereocenters. The summed E-state index contributed by atoms with van der Waals surface area (Å²) in [6.07, 6.45) is 3.49. The van der Waals surface area contributed by atoms with E-state index in [-0.39, 0.29) is 5.75 Å². The van der Waals surface area contributed by atoms with Crippen LogP contribution in [0.4, 0.5) is 5.82 Å². The molecule has 0 bridgehead atoms. The fraction of sp³-hybridized carbons (Fsp3) is 0. The SMILES string of the molecule is Oc1ccccc1/C=N/c1c(-c2ccc(Cl)cc2Cl)nc2ccccn12. The number of fused-ring (bicyclic) bond motifs is 1. The molecule has 4 rings (SSSR count). The van der Waals surface area contributed by atoms with Gasteiger partial charge in [-0.25, -0.2) is 9.98 Å². The van der Waals surface area contributed by atoms with Gasteiger partial charge in [-0.05, 0) is 42.5 Å². The lowest BCUT2D eigenvalue weighted by atomic mass is 10.1. The summed E-state index contributed by atoms with van der Waals surface area (Å²) in [6.45, 7) is 0. The highest BCUT2D eigenvalue weighted by atomic mass is 35.5. The molecular weight excluding hydrogens is 369 g/mol. The molecule has 4 nitrogen and oxygen atoms in total. The highest BCUT2D eigenvalue weighted by Gasteiger charge is 2.16. The first-order chi connectivity index (χ1) is 12.6. The molecule has 0 aliphatic carbocycles.